The van der Waals surface area contributed by atoms with Crippen molar-refractivity contribution in [3.63, 3.8) is 0 Å². The molecule has 2 heterocycles. The minimum Gasteiger partial charge on any atom is -0.465 e. The molecule has 0 aliphatic heterocycles. The van der Waals surface area contributed by atoms with Crippen LogP contribution in [0.4, 0.5) is 27.7 Å². The van der Waals surface area contributed by atoms with Crippen molar-refractivity contribution in [2.24, 2.45) is 0 Å². The number of carboxylic acid groups (broad SMARTS) is 1. The van der Waals surface area contributed by atoms with E-state index in [9.17, 15) is 9.59 Å². The van der Waals surface area contributed by atoms with E-state index in [1.807, 2.05) is 6.07 Å². The Morgan fingerprint density at radius 1 is 0.885 bits per heavy atom. The molecule has 0 aliphatic rings. The number of para-hydroxylation sites is 1. The molecule has 0 bridgehead atoms. The molecule has 3 rings (SSSR count). The van der Waals surface area contributed by atoms with Crippen molar-refractivity contribution in [2.75, 3.05) is 16.0 Å². The van der Waals surface area contributed by atoms with Crippen molar-refractivity contribution in [1.82, 2.24) is 9.97 Å². The summed E-state index contributed by atoms with van der Waals surface area (Å²) in [5.74, 6) is -0.427. The predicted octanol–water partition coefficient (Wildman–Crippen LogP) is 3.56. The summed E-state index contributed by atoms with van der Waals surface area (Å²) < 4.78 is 0. The number of pyridine rings is 2. The number of rotatable bonds is 5. The molecule has 0 atom stereocenters. The monoisotopic (exact) mass is 349 g/mol. The lowest BCUT2D eigenvalue weighted by Crippen LogP contribution is -2.16. The van der Waals surface area contributed by atoms with Crippen LogP contribution in [0.5, 0.6) is 0 Å². The number of aromatic nitrogens is 2. The first-order valence-electron chi connectivity index (χ1n) is 7.65. The molecule has 3 aromatic rings. The molecular formula is C18H15N5O3. The van der Waals surface area contributed by atoms with Gasteiger partial charge in [-0.15, -0.1) is 0 Å². The lowest BCUT2D eigenvalue weighted by Gasteiger charge is -2.11. The third-order valence-electron chi connectivity index (χ3n) is 3.27. The molecule has 0 unspecified atom stereocenters. The van der Waals surface area contributed by atoms with Gasteiger partial charge in [0.2, 0.25) is 0 Å². The highest BCUT2D eigenvalue weighted by Gasteiger charge is 2.12. The van der Waals surface area contributed by atoms with Crippen molar-refractivity contribution >= 4 is 34.9 Å². The molecule has 0 saturated heterocycles. The predicted molar refractivity (Wildman–Crippen MR) is 97.8 cm³/mol. The Bertz CT molecular complexity index is 917. The van der Waals surface area contributed by atoms with Gasteiger partial charge in [-0.05, 0) is 30.3 Å². The van der Waals surface area contributed by atoms with Gasteiger partial charge in [0.25, 0.3) is 5.91 Å². The van der Waals surface area contributed by atoms with Gasteiger partial charge < -0.3 is 15.7 Å². The van der Waals surface area contributed by atoms with E-state index in [0.717, 1.165) is 0 Å². The maximum atomic E-state index is 12.5. The SMILES string of the molecule is O=C(O)Nc1cc(Nc2cccnc2)cc(C(=O)Nc2ccccc2)n1. The van der Waals surface area contributed by atoms with Crippen LogP contribution in [0, 0.1) is 0 Å². The molecule has 130 valence electrons. The van der Waals surface area contributed by atoms with Crippen LogP contribution >= 0.6 is 0 Å². The van der Waals surface area contributed by atoms with Crippen molar-refractivity contribution in [2.45, 2.75) is 0 Å². The summed E-state index contributed by atoms with van der Waals surface area (Å²) in [6, 6.07) is 15.5. The summed E-state index contributed by atoms with van der Waals surface area (Å²) >= 11 is 0. The summed E-state index contributed by atoms with van der Waals surface area (Å²) in [6.07, 6.45) is 1.97. The molecule has 0 saturated carbocycles. The molecule has 0 aliphatic carbocycles. The van der Waals surface area contributed by atoms with Gasteiger partial charge >= 0.3 is 6.09 Å². The fourth-order valence-electron chi connectivity index (χ4n) is 2.21. The van der Waals surface area contributed by atoms with Gasteiger partial charge in [0.1, 0.15) is 11.5 Å². The quantitative estimate of drug-likeness (QED) is 0.560. The number of carbonyl (C=O) groups is 2. The van der Waals surface area contributed by atoms with Crippen LogP contribution in [-0.4, -0.2) is 27.1 Å². The van der Waals surface area contributed by atoms with E-state index in [1.165, 1.54) is 12.1 Å². The van der Waals surface area contributed by atoms with Crippen molar-refractivity contribution in [1.29, 1.82) is 0 Å². The highest BCUT2D eigenvalue weighted by molar-refractivity contribution is 6.04. The molecule has 4 N–H and O–H groups in total. The number of hydrogen-bond acceptors (Lipinski definition) is 5. The Morgan fingerprint density at radius 3 is 2.35 bits per heavy atom. The number of amides is 2. The molecular weight excluding hydrogens is 334 g/mol. The first kappa shape index (κ1) is 16.9. The largest absolute Gasteiger partial charge is 0.465 e. The minimum absolute atomic E-state index is 0.0320. The molecule has 26 heavy (non-hydrogen) atoms. The van der Waals surface area contributed by atoms with Gasteiger partial charge in [-0.25, -0.2) is 9.78 Å². The van der Waals surface area contributed by atoms with E-state index in [0.29, 0.717) is 17.1 Å². The van der Waals surface area contributed by atoms with Crippen LogP contribution in [0.3, 0.4) is 0 Å². The standard InChI is InChI=1S/C18H15N5O3/c24-17(21-12-5-2-1-3-6-12)15-9-14(10-16(22-15)23-18(25)26)20-13-7-4-8-19-11-13/h1-11H,(H,21,24)(H,25,26)(H2,20,22,23). The number of benzene rings is 1. The summed E-state index contributed by atoms with van der Waals surface area (Å²) in [5, 5.41) is 16.9. The normalized spacial score (nSPS) is 10.0. The van der Waals surface area contributed by atoms with E-state index < -0.39 is 12.0 Å². The summed E-state index contributed by atoms with van der Waals surface area (Å²) in [6.45, 7) is 0. The third kappa shape index (κ3) is 4.54. The molecule has 0 fully saturated rings. The van der Waals surface area contributed by atoms with Crippen molar-refractivity contribution in [3.05, 3.63) is 72.7 Å². The van der Waals surface area contributed by atoms with Gasteiger partial charge in [0, 0.05) is 23.6 Å². The Balaban J connectivity index is 1.89. The highest BCUT2D eigenvalue weighted by Crippen LogP contribution is 2.20. The van der Waals surface area contributed by atoms with Gasteiger partial charge in [-0.1, -0.05) is 18.2 Å². The van der Waals surface area contributed by atoms with Gasteiger partial charge in [0.05, 0.1) is 11.9 Å². The Labute approximate surface area is 148 Å². The van der Waals surface area contributed by atoms with Crippen LogP contribution < -0.4 is 16.0 Å². The molecule has 8 heteroatoms. The van der Waals surface area contributed by atoms with Crippen LogP contribution in [0.25, 0.3) is 0 Å². The zero-order chi connectivity index (χ0) is 18.4. The van der Waals surface area contributed by atoms with Gasteiger partial charge in [0.15, 0.2) is 0 Å². The Morgan fingerprint density at radius 2 is 1.65 bits per heavy atom. The van der Waals surface area contributed by atoms with E-state index in [-0.39, 0.29) is 11.5 Å². The number of hydrogen-bond donors (Lipinski definition) is 4. The molecule has 0 spiro atoms. The molecule has 8 nitrogen and oxygen atoms in total. The second-order valence-electron chi connectivity index (χ2n) is 5.24. The molecule has 0 radical (unpaired) electrons. The fourth-order valence-corrected chi connectivity index (χ4v) is 2.21. The highest BCUT2D eigenvalue weighted by atomic mass is 16.4. The van der Waals surface area contributed by atoms with Gasteiger partial charge in [-0.2, -0.15) is 0 Å². The van der Waals surface area contributed by atoms with Crippen molar-refractivity contribution < 1.29 is 14.7 Å². The topological polar surface area (TPSA) is 116 Å². The summed E-state index contributed by atoms with van der Waals surface area (Å²) in [7, 11) is 0. The van der Waals surface area contributed by atoms with E-state index in [4.69, 9.17) is 5.11 Å². The van der Waals surface area contributed by atoms with E-state index >= 15 is 0 Å². The molecule has 1 aromatic carbocycles. The zero-order valence-corrected chi connectivity index (χ0v) is 13.5. The lowest BCUT2D eigenvalue weighted by molar-refractivity contribution is 0.102. The van der Waals surface area contributed by atoms with Crippen LogP contribution in [0.2, 0.25) is 0 Å². The number of nitrogens with one attached hydrogen (secondary N) is 3. The number of carbonyl (C=O) groups excluding carboxylic acids is 1. The Kier molecular flexibility index (Phi) is 5.04. The average molecular weight is 349 g/mol. The van der Waals surface area contributed by atoms with Crippen LogP contribution in [-0.2, 0) is 0 Å². The average Bonchev–Trinajstić information content (AvgIpc) is 2.62. The second kappa shape index (κ2) is 7.75. The minimum atomic E-state index is -1.27. The fraction of sp³-hybridized carbons (Fsp3) is 0. The molecule has 2 aromatic heterocycles. The Hall–Kier alpha value is -3.94. The van der Waals surface area contributed by atoms with E-state index in [2.05, 4.69) is 25.9 Å². The summed E-state index contributed by atoms with van der Waals surface area (Å²) in [5.41, 5.74) is 1.86. The smallest absolute Gasteiger partial charge is 0.410 e. The third-order valence-corrected chi connectivity index (χ3v) is 3.27. The van der Waals surface area contributed by atoms with Gasteiger partial charge in [-0.3, -0.25) is 15.1 Å². The zero-order valence-electron chi connectivity index (χ0n) is 13.5. The van der Waals surface area contributed by atoms with Crippen molar-refractivity contribution in [3.8, 4) is 0 Å². The summed E-state index contributed by atoms with van der Waals surface area (Å²) in [4.78, 5) is 31.4. The van der Waals surface area contributed by atoms with Crippen LogP contribution in [0.1, 0.15) is 10.5 Å². The van der Waals surface area contributed by atoms with E-state index in [1.54, 1.807) is 48.8 Å². The molecule has 2 amide bonds. The maximum absolute atomic E-state index is 12.5. The van der Waals surface area contributed by atoms with Crippen LogP contribution in [0.15, 0.2) is 67.0 Å². The maximum Gasteiger partial charge on any atom is 0.410 e. The number of anilines is 4. The second-order valence-corrected chi connectivity index (χ2v) is 5.24. The lowest BCUT2D eigenvalue weighted by atomic mass is 10.2. The first-order chi connectivity index (χ1) is 12.6. The number of nitrogens with zero attached hydrogens (tertiary/aromatic N) is 2. The first-order valence-corrected chi connectivity index (χ1v) is 7.65.